The number of aromatic nitrogens is 4. The van der Waals surface area contributed by atoms with Crippen LogP contribution in [0.15, 0.2) is 35.4 Å². The number of carbonyl (C=O) groups excluding carboxylic acids is 1. The van der Waals surface area contributed by atoms with Gasteiger partial charge in [-0.25, -0.2) is 22.4 Å². The average Bonchev–Trinajstić information content (AvgIpc) is 3.41. The Bertz CT molecular complexity index is 1240. The van der Waals surface area contributed by atoms with Crippen LogP contribution in [0, 0.1) is 0 Å². The van der Waals surface area contributed by atoms with Crippen LogP contribution in [0.2, 0.25) is 0 Å². The highest BCUT2D eigenvalue weighted by Crippen LogP contribution is 2.30. The Kier molecular flexibility index (Phi) is 6.85. The van der Waals surface area contributed by atoms with E-state index in [4.69, 9.17) is 0 Å². The van der Waals surface area contributed by atoms with Gasteiger partial charge in [-0.1, -0.05) is 19.3 Å². The molecule has 1 fully saturated rings. The van der Waals surface area contributed by atoms with Crippen LogP contribution in [0.3, 0.4) is 0 Å². The van der Waals surface area contributed by atoms with Crippen LogP contribution in [0.1, 0.15) is 57.3 Å². The Morgan fingerprint density at radius 2 is 1.94 bits per heavy atom. The normalized spacial score (nSPS) is 15.4. The van der Waals surface area contributed by atoms with Gasteiger partial charge in [0, 0.05) is 39.5 Å². The number of fused-ring (bicyclic) bond motifs is 1. The minimum Gasteiger partial charge on any atom is -0.328 e. The molecule has 2 aromatic heterocycles. The van der Waals surface area contributed by atoms with E-state index in [0.717, 1.165) is 30.0 Å². The van der Waals surface area contributed by atoms with E-state index in [1.807, 2.05) is 22.2 Å². The number of rotatable bonds is 8. The number of hydrogen-bond donors (Lipinski definition) is 1. The summed E-state index contributed by atoms with van der Waals surface area (Å²) in [5.74, 6) is 1.43. The van der Waals surface area contributed by atoms with Crippen LogP contribution >= 0.6 is 0 Å². The first kappa shape index (κ1) is 23.4. The van der Waals surface area contributed by atoms with Crippen molar-refractivity contribution in [2.24, 2.45) is 0 Å². The number of nitrogens with one attached hydrogen (secondary N) is 1. The van der Waals surface area contributed by atoms with Gasteiger partial charge in [0.15, 0.2) is 0 Å². The van der Waals surface area contributed by atoms with Gasteiger partial charge in [0.2, 0.25) is 15.9 Å². The van der Waals surface area contributed by atoms with Crippen molar-refractivity contribution >= 4 is 32.8 Å². The van der Waals surface area contributed by atoms with Crippen LogP contribution < -0.4 is 5.32 Å². The van der Waals surface area contributed by atoms with E-state index in [9.17, 15) is 13.2 Å². The van der Waals surface area contributed by atoms with Crippen LogP contribution in [0.5, 0.6) is 0 Å². The number of aryl methyl sites for hydroxylation is 2. The maximum absolute atomic E-state index is 12.7. The molecule has 1 amide bonds. The first-order valence-corrected chi connectivity index (χ1v) is 13.0. The van der Waals surface area contributed by atoms with Crippen molar-refractivity contribution in [3.05, 3.63) is 36.3 Å². The molecule has 0 saturated heterocycles. The summed E-state index contributed by atoms with van der Waals surface area (Å²) in [6, 6.07) is 7.19. The lowest BCUT2D eigenvalue weighted by Crippen LogP contribution is -2.22. The molecule has 2 heterocycles. The van der Waals surface area contributed by atoms with Gasteiger partial charge in [-0.05, 0) is 38.0 Å². The fraction of sp³-hybridized carbons (Fsp3) is 0.522. The molecule has 0 bridgehead atoms. The second kappa shape index (κ2) is 9.64. The number of carbonyl (C=O) groups is 1. The molecule has 178 valence electrons. The molecule has 0 aliphatic heterocycles. The highest BCUT2D eigenvalue weighted by Gasteiger charge is 2.21. The summed E-state index contributed by atoms with van der Waals surface area (Å²) in [7, 11) is -0.519. The molecule has 1 N–H and O–H groups in total. The van der Waals surface area contributed by atoms with Gasteiger partial charge in [-0.15, -0.1) is 0 Å². The number of benzene rings is 1. The van der Waals surface area contributed by atoms with Crippen molar-refractivity contribution in [2.75, 3.05) is 19.4 Å². The quantitative estimate of drug-likeness (QED) is 0.540. The first-order valence-electron chi connectivity index (χ1n) is 11.6. The Hall–Kier alpha value is -2.72. The molecule has 0 radical (unpaired) electrons. The van der Waals surface area contributed by atoms with Gasteiger partial charge in [0.25, 0.3) is 0 Å². The zero-order valence-corrected chi connectivity index (χ0v) is 20.3. The highest BCUT2D eigenvalue weighted by molar-refractivity contribution is 7.89. The molecular formula is C23H32N6O3S. The molecule has 0 spiro atoms. The fourth-order valence-electron chi connectivity index (χ4n) is 4.53. The van der Waals surface area contributed by atoms with Crippen molar-refractivity contribution in [2.45, 2.75) is 69.4 Å². The van der Waals surface area contributed by atoms with E-state index >= 15 is 0 Å². The molecular weight excluding hydrogens is 440 g/mol. The largest absolute Gasteiger partial charge is 0.328 e. The number of hydrogen-bond acceptors (Lipinski definition) is 5. The fourth-order valence-corrected chi connectivity index (χ4v) is 5.46. The lowest BCUT2D eigenvalue weighted by Gasteiger charge is -2.23. The van der Waals surface area contributed by atoms with E-state index in [1.54, 1.807) is 24.4 Å². The topological polar surface area (TPSA) is 102 Å². The molecule has 10 heteroatoms. The molecule has 1 aliphatic rings. The van der Waals surface area contributed by atoms with Crippen molar-refractivity contribution in [1.82, 2.24) is 23.6 Å². The standard InChI is InChI=1S/C23H32N6O3S/c1-4-28-20-11-10-18(33(31,32)27(2)3)16-19(20)25-21(28)12-13-23(30)26-22-14-15-24-29(22)17-8-6-5-7-9-17/h10-11,14-17H,4-9,12-13H2,1-3H3,(H,26,30). The van der Waals surface area contributed by atoms with Gasteiger partial charge >= 0.3 is 0 Å². The van der Waals surface area contributed by atoms with Gasteiger partial charge in [-0.2, -0.15) is 5.10 Å². The van der Waals surface area contributed by atoms with Crippen molar-refractivity contribution in [1.29, 1.82) is 0 Å². The molecule has 9 nitrogen and oxygen atoms in total. The lowest BCUT2D eigenvalue weighted by atomic mass is 9.96. The van der Waals surface area contributed by atoms with Gasteiger partial charge in [-0.3, -0.25) is 4.79 Å². The Morgan fingerprint density at radius 3 is 2.64 bits per heavy atom. The second-order valence-corrected chi connectivity index (χ2v) is 10.9. The zero-order valence-electron chi connectivity index (χ0n) is 19.5. The molecule has 1 aromatic carbocycles. The summed E-state index contributed by atoms with van der Waals surface area (Å²) in [5.41, 5.74) is 1.48. The monoisotopic (exact) mass is 472 g/mol. The SMILES string of the molecule is CCn1c(CCC(=O)Nc2ccnn2C2CCCCC2)nc2cc(S(=O)(=O)N(C)C)ccc21. The average molecular weight is 473 g/mol. The molecule has 33 heavy (non-hydrogen) atoms. The van der Waals surface area contributed by atoms with Crippen LogP contribution in [0.25, 0.3) is 11.0 Å². The Balaban J connectivity index is 1.48. The predicted molar refractivity (Wildman–Crippen MR) is 128 cm³/mol. The van der Waals surface area contributed by atoms with E-state index in [1.165, 1.54) is 37.7 Å². The van der Waals surface area contributed by atoms with Gasteiger partial charge in [0.05, 0.1) is 28.2 Å². The number of imidazole rings is 1. The Morgan fingerprint density at radius 1 is 1.18 bits per heavy atom. The van der Waals surface area contributed by atoms with Crippen molar-refractivity contribution in [3.63, 3.8) is 0 Å². The van der Waals surface area contributed by atoms with E-state index in [-0.39, 0.29) is 17.2 Å². The summed E-state index contributed by atoms with van der Waals surface area (Å²) in [6.07, 6.45) is 8.32. The van der Waals surface area contributed by atoms with Gasteiger partial charge < -0.3 is 9.88 Å². The van der Waals surface area contributed by atoms with Crippen molar-refractivity contribution in [3.8, 4) is 0 Å². The summed E-state index contributed by atoms with van der Waals surface area (Å²) < 4.78 is 30.1. The molecule has 3 aromatic rings. The third kappa shape index (κ3) is 4.81. The summed E-state index contributed by atoms with van der Waals surface area (Å²) in [4.78, 5) is 17.6. The van der Waals surface area contributed by atoms with Crippen LogP contribution in [0.4, 0.5) is 5.82 Å². The van der Waals surface area contributed by atoms with Crippen molar-refractivity contribution < 1.29 is 13.2 Å². The number of anilines is 1. The predicted octanol–water partition coefficient (Wildman–Crippen LogP) is 3.58. The highest BCUT2D eigenvalue weighted by atomic mass is 32.2. The van der Waals surface area contributed by atoms with Crippen LogP contribution in [-0.4, -0.2) is 52.1 Å². The molecule has 1 aliphatic carbocycles. The minimum absolute atomic E-state index is 0.0851. The molecule has 4 rings (SSSR count). The van der Waals surface area contributed by atoms with E-state index in [0.29, 0.717) is 24.5 Å². The third-order valence-corrected chi connectivity index (χ3v) is 8.14. The maximum Gasteiger partial charge on any atom is 0.242 e. The summed E-state index contributed by atoms with van der Waals surface area (Å²) >= 11 is 0. The second-order valence-electron chi connectivity index (χ2n) is 8.71. The molecule has 0 unspecified atom stereocenters. The molecule has 1 saturated carbocycles. The van der Waals surface area contributed by atoms with Gasteiger partial charge in [0.1, 0.15) is 11.6 Å². The maximum atomic E-state index is 12.7. The smallest absolute Gasteiger partial charge is 0.242 e. The molecule has 0 atom stereocenters. The first-order chi connectivity index (χ1) is 15.8. The third-order valence-electron chi connectivity index (χ3n) is 6.33. The Labute approximate surface area is 194 Å². The van der Waals surface area contributed by atoms with E-state index in [2.05, 4.69) is 15.4 Å². The minimum atomic E-state index is -3.54. The summed E-state index contributed by atoms with van der Waals surface area (Å²) in [5, 5.41) is 7.45. The zero-order chi connectivity index (χ0) is 23.6. The number of nitrogens with zero attached hydrogens (tertiary/aromatic N) is 5. The number of sulfonamides is 1. The lowest BCUT2D eigenvalue weighted by molar-refractivity contribution is -0.116. The van der Waals surface area contributed by atoms with E-state index < -0.39 is 10.0 Å². The summed E-state index contributed by atoms with van der Waals surface area (Å²) in [6.45, 7) is 2.69. The van der Waals surface area contributed by atoms with Crippen LogP contribution in [-0.2, 0) is 27.8 Å². The number of amides is 1.